The van der Waals surface area contributed by atoms with Crippen molar-refractivity contribution in [1.82, 2.24) is 5.32 Å². The maximum absolute atomic E-state index is 10.6. The van der Waals surface area contributed by atoms with Crippen LogP contribution in [0.1, 0.15) is 12.5 Å². The smallest absolute Gasteiger partial charge is 0.288 e. The third-order valence-electron chi connectivity index (χ3n) is 1.98. The number of nitrogens with zero attached hydrogens (tertiary/aromatic N) is 1. The lowest BCUT2D eigenvalue weighted by molar-refractivity contribution is -0.384. The van der Waals surface area contributed by atoms with E-state index in [0.717, 1.165) is 5.56 Å². The predicted molar refractivity (Wildman–Crippen MR) is 61.5 cm³/mol. The topological polar surface area (TPSA) is 75.4 Å². The lowest BCUT2D eigenvalue weighted by Gasteiger charge is -2.07. The fourth-order valence-corrected chi connectivity index (χ4v) is 1.42. The van der Waals surface area contributed by atoms with E-state index in [0.29, 0.717) is 13.1 Å². The Bertz CT molecular complexity index is 382. The zero-order chi connectivity index (χ0) is 12.1. The number of aliphatic hydroxyl groups is 1. The lowest BCUT2D eigenvalue weighted by atomic mass is 10.2. The van der Waals surface area contributed by atoms with Gasteiger partial charge in [0.2, 0.25) is 0 Å². The van der Waals surface area contributed by atoms with Gasteiger partial charge in [-0.25, -0.2) is 0 Å². The van der Waals surface area contributed by atoms with Crippen LogP contribution in [0, 0.1) is 10.1 Å². The van der Waals surface area contributed by atoms with Crippen LogP contribution in [0.4, 0.5) is 5.69 Å². The number of hydrogen-bond donors (Lipinski definition) is 2. The number of nitro groups is 1. The van der Waals surface area contributed by atoms with Crippen molar-refractivity contribution in [2.75, 3.05) is 6.54 Å². The largest absolute Gasteiger partial charge is 0.392 e. The molecule has 1 atom stereocenters. The molecule has 0 aliphatic carbocycles. The summed E-state index contributed by atoms with van der Waals surface area (Å²) >= 11 is 5.67. The van der Waals surface area contributed by atoms with Gasteiger partial charge in [0.05, 0.1) is 11.0 Å². The summed E-state index contributed by atoms with van der Waals surface area (Å²) in [5, 5.41) is 22.7. The van der Waals surface area contributed by atoms with Crippen molar-refractivity contribution in [3.8, 4) is 0 Å². The average Bonchev–Trinajstić information content (AvgIpc) is 2.19. The number of halogens is 1. The highest BCUT2D eigenvalue weighted by Crippen LogP contribution is 2.24. The molecule has 1 rings (SSSR count). The molecule has 0 radical (unpaired) electrons. The van der Waals surface area contributed by atoms with Crippen LogP contribution in [-0.2, 0) is 6.54 Å². The number of benzene rings is 1. The normalized spacial score (nSPS) is 12.4. The summed E-state index contributed by atoms with van der Waals surface area (Å²) in [6.07, 6.45) is -0.442. The summed E-state index contributed by atoms with van der Waals surface area (Å²) in [4.78, 5) is 10.1. The molecule has 0 aliphatic heterocycles. The molecular weight excluding hydrogens is 232 g/mol. The van der Waals surface area contributed by atoms with Gasteiger partial charge >= 0.3 is 0 Å². The van der Waals surface area contributed by atoms with Gasteiger partial charge in [-0.05, 0) is 18.6 Å². The Morgan fingerprint density at radius 1 is 1.62 bits per heavy atom. The van der Waals surface area contributed by atoms with E-state index in [9.17, 15) is 10.1 Å². The molecule has 0 aliphatic rings. The Balaban J connectivity index is 2.68. The van der Waals surface area contributed by atoms with Crippen LogP contribution in [0.2, 0.25) is 5.02 Å². The van der Waals surface area contributed by atoms with Gasteiger partial charge < -0.3 is 10.4 Å². The summed E-state index contributed by atoms with van der Waals surface area (Å²) in [7, 11) is 0. The SMILES string of the molecule is C[C@H](O)CNCc1ccc(Cl)c([N+](=O)[O-])c1. The number of nitro benzene ring substituents is 1. The fraction of sp³-hybridized carbons (Fsp3) is 0.400. The molecule has 5 nitrogen and oxygen atoms in total. The van der Waals surface area contributed by atoms with Crippen molar-refractivity contribution in [3.63, 3.8) is 0 Å². The first-order chi connectivity index (χ1) is 7.50. The molecule has 2 N–H and O–H groups in total. The van der Waals surface area contributed by atoms with Crippen molar-refractivity contribution in [1.29, 1.82) is 0 Å². The molecule has 0 saturated carbocycles. The Morgan fingerprint density at radius 2 is 2.31 bits per heavy atom. The number of hydrogen-bond acceptors (Lipinski definition) is 4. The van der Waals surface area contributed by atoms with Gasteiger partial charge in [0, 0.05) is 19.2 Å². The monoisotopic (exact) mass is 244 g/mol. The van der Waals surface area contributed by atoms with Crippen molar-refractivity contribution in [2.24, 2.45) is 0 Å². The third kappa shape index (κ3) is 3.77. The zero-order valence-corrected chi connectivity index (χ0v) is 9.57. The number of rotatable bonds is 5. The molecule has 0 aromatic heterocycles. The van der Waals surface area contributed by atoms with Gasteiger partial charge in [-0.2, -0.15) is 0 Å². The third-order valence-corrected chi connectivity index (χ3v) is 2.30. The van der Waals surface area contributed by atoms with Gasteiger partial charge in [-0.1, -0.05) is 17.7 Å². The molecule has 16 heavy (non-hydrogen) atoms. The van der Waals surface area contributed by atoms with E-state index in [1.165, 1.54) is 12.1 Å². The van der Waals surface area contributed by atoms with Gasteiger partial charge in [0.15, 0.2) is 0 Å². The van der Waals surface area contributed by atoms with Crippen molar-refractivity contribution < 1.29 is 10.0 Å². The van der Waals surface area contributed by atoms with Gasteiger partial charge in [-0.3, -0.25) is 10.1 Å². The maximum atomic E-state index is 10.6. The minimum atomic E-state index is -0.513. The summed E-state index contributed by atoms with van der Waals surface area (Å²) in [5.41, 5.74) is 0.662. The summed E-state index contributed by atoms with van der Waals surface area (Å²) in [6.45, 7) is 2.57. The molecule has 0 spiro atoms. The fourth-order valence-electron chi connectivity index (χ4n) is 1.23. The van der Waals surface area contributed by atoms with Crippen LogP contribution < -0.4 is 5.32 Å². The zero-order valence-electron chi connectivity index (χ0n) is 8.81. The second-order valence-electron chi connectivity index (χ2n) is 3.52. The van der Waals surface area contributed by atoms with E-state index in [1.807, 2.05) is 0 Å². The van der Waals surface area contributed by atoms with Crippen molar-refractivity contribution in [2.45, 2.75) is 19.6 Å². The maximum Gasteiger partial charge on any atom is 0.288 e. The average molecular weight is 245 g/mol. The first-order valence-corrected chi connectivity index (χ1v) is 5.20. The van der Waals surface area contributed by atoms with E-state index >= 15 is 0 Å². The van der Waals surface area contributed by atoms with E-state index in [1.54, 1.807) is 13.0 Å². The van der Waals surface area contributed by atoms with Gasteiger partial charge in [0.25, 0.3) is 5.69 Å². The molecule has 0 bridgehead atoms. The Kier molecular flexibility index (Phi) is 4.67. The molecule has 88 valence electrons. The van der Waals surface area contributed by atoms with Crippen LogP contribution in [0.15, 0.2) is 18.2 Å². The molecule has 1 aromatic carbocycles. The predicted octanol–water partition coefficient (Wildman–Crippen LogP) is 1.72. The quantitative estimate of drug-likeness (QED) is 0.611. The van der Waals surface area contributed by atoms with Crippen LogP contribution in [-0.4, -0.2) is 22.7 Å². The first kappa shape index (κ1) is 12.9. The lowest BCUT2D eigenvalue weighted by Crippen LogP contribution is -2.23. The standard InChI is InChI=1S/C10H13ClN2O3/c1-7(14)5-12-6-8-2-3-9(11)10(4-8)13(15)16/h2-4,7,12,14H,5-6H2,1H3/t7-/m0/s1. The molecule has 0 saturated heterocycles. The van der Waals surface area contributed by atoms with E-state index in [2.05, 4.69) is 5.32 Å². The molecule has 0 heterocycles. The molecule has 6 heteroatoms. The highest BCUT2D eigenvalue weighted by atomic mass is 35.5. The van der Waals surface area contributed by atoms with Crippen LogP contribution in [0.25, 0.3) is 0 Å². The van der Waals surface area contributed by atoms with E-state index < -0.39 is 11.0 Å². The molecule has 1 aromatic rings. The second kappa shape index (κ2) is 5.79. The molecular formula is C10H13ClN2O3. The second-order valence-corrected chi connectivity index (χ2v) is 3.93. The summed E-state index contributed by atoms with van der Waals surface area (Å²) < 4.78 is 0. The van der Waals surface area contributed by atoms with Crippen molar-refractivity contribution >= 4 is 17.3 Å². The number of aliphatic hydroxyl groups excluding tert-OH is 1. The molecule has 0 amide bonds. The molecule has 0 fully saturated rings. The Hall–Kier alpha value is -1.17. The van der Waals surface area contributed by atoms with Gasteiger partial charge in [0.1, 0.15) is 5.02 Å². The Labute approximate surface area is 98.2 Å². The minimum Gasteiger partial charge on any atom is -0.392 e. The van der Waals surface area contributed by atoms with E-state index in [4.69, 9.17) is 16.7 Å². The van der Waals surface area contributed by atoms with E-state index in [-0.39, 0.29) is 10.7 Å². The number of nitrogens with one attached hydrogen (secondary N) is 1. The first-order valence-electron chi connectivity index (χ1n) is 4.82. The molecule has 0 unspecified atom stereocenters. The van der Waals surface area contributed by atoms with Crippen LogP contribution in [0.3, 0.4) is 0 Å². The van der Waals surface area contributed by atoms with Gasteiger partial charge in [-0.15, -0.1) is 0 Å². The summed E-state index contributed by atoms with van der Waals surface area (Å²) in [5.74, 6) is 0. The Morgan fingerprint density at radius 3 is 2.88 bits per heavy atom. The van der Waals surface area contributed by atoms with Crippen molar-refractivity contribution in [3.05, 3.63) is 38.9 Å². The van der Waals surface area contributed by atoms with Crippen LogP contribution >= 0.6 is 11.6 Å². The van der Waals surface area contributed by atoms with Crippen LogP contribution in [0.5, 0.6) is 0 Å². The highest BCUT2D eigenvalue weighted by molar-refractivity contribution is 6.32. The summed E-state index contributed by atoms with van der Waals surface area (Å²) in [6, 6.07) is 4.64. The minimum absolute atomic E-state index is 0.0991. The highest BCUT2D eigenvalue weighted by Gasteiger charge is 2.12.